The highest BCUT2D eigenvalue weighted by molar-refractivity contribution is 6.30. The summed E-state index contributed by atoms with van der Waals surface area (Å²) >= 11 is 6.06. The van der Waals surface area contributed by atoms with Crippen molar-refractivity contribution in [2.24, 2.45) is 0 Å². The summed E-state index contributed by atoms with van der Waals surface area (Å²) in [4.78, 5) is 14.6. The van der Waals surface area contributed by atoms with Gasteiger partial charge in [0.25, 0.3) is 5.91 Å². The topological polar surface area (TPSA) is 40.5 Å². The summed E-state index contributed by atoms with van der Waals surface area (Å²) in [6.45, 7) is 0. The van der Waals surface area contributed by atoms with Crippen LogP contribution in [0.15, 0.2) is 102 Å². The summed E-state index contributed by atoms with van der Waals surface area (Å²) in [5, 5.41) is 11.3. The van der Waals surface area contributed by atoms with Gasteiger partial charge < -0.3 is 5.11 Å². The lowest BCUT2D eigenvalue weighted by atomic mass is 9.96. The predicted molar refractivity (Wildman–Crippen MR) is 118 cm³/mol. The van der Waals surface area contributed by atoms with E-state index in [1.54, 1.807) is 17.0 Å². The number of carbonyl (C=O) groups excluding carboxylic acids is 1. The largest absolute Gasteiger partial charge is 0.503 e. The maximum atomic E-state index is 13.0. The van der Waals surface area contributed by atoms with Crippen LogP contribution in [0, 0.1) is 0 Å². The minimum atomic E-state index is -0.390. The molecule has 0 fully saturated rings. The number of hydrogen-bond donors (Lipinski definition) is 1. The van der Waals surface area contributed by atoms with Crippen molar-refractivity contribution in [2.45, 2.75) is 12.5 Å². The maximum Gasteiger partial charge on any atom is 0.293 e. The van der Waals surface area contributed by atoms with Gasteiger partial charge in [0, 0.05) is 16.3 Å². The molecule has 1 aliphatic heterocycles. The molecule has 3 aromatic rings. The SMILES string of the molecule is O=C1C(O)=C(C/C=C/c2ccccc2)C(c2ccc(Cl)cc2)N1c1ccccc1. The number of carbonyl (C=O) groups is 1. The van der Waals surface area contributed by atoms with E-state index < -0.39 is 0 Å². The van der Waals surface area contributed by atoms with E-state index in [0.29, 0.717) is 17.0 Å². The third-order valence-corrected chi connectivity index (χ3v) is 5.23. The third kappa shape index (κ3) is 3.96. The van der Waals surface area contributed by atoms with Crippen LogP contribution in [0.4, 0.5) is 5.69 Å². The number of rotatable bonds is 5. The fourth-order valence-corrected chi connectivity index (χ4v) is 3.72. The first kappa shape index (κ1) is 19.0. The monoisotopic (exact) mass is 401 g/mol. The second kappa shape index (κ2) is 8.38. The Balaban J connectivity index is 1.71. The van der Waals surface area contributed by atoms with Crippen molar-refractivity contribution in [1.29, 1.82) is 0 Å². The Morgan fingerprint density at radius 3 is 2.17 bits per heavy atom. The lowest BCUT2D eigenvalue weighted by molar-refractivity contribution is -0.117. The molecule has 1 aliphatic rings. The normalized spacial score (nSPS) is 16.8. The first-order valence-corrected chi connectivity index (χ1v) is 9.80. The van der Waals surface area contributed by atoms with Gasteiger partial charge in [0.2, 0.25) is 0 Å². The van der Waals surface area contributed by atoms with Gasteiger partial charge in [-0.25, -0.2) is 0 Å². The number of allylic oxidation sites excluding steroid dienone is 1. The third-order valence-electron chi connectivity index (χ3n) is 4.98. The molecule has 4 rings (SSSR count). The summed E-state index contributed by atoms with van der Waals surface area (Å²) in [6, 6.07) is 26.4. The molecule has 0 aromatic heterocycles. The van der Waals surface area contributed by atoms with E-state index in [2.05, 4.69) is 0 Å². The summed E-state index contributed by atoms with van der Waals surface area (Å²) in [7, 11) is 0. The van der Waals surface area contributed by atoms with Gasteiger partial charge in [0.05, 0.1) is 6.04 Å². The Kier molecular flexibility index (Phi) is 5.50. The highest BCUT2D eigenvalue weighted by Crippen LogP contribution is 2.42. The Labute approximate surface area is 175 Å². The van der Waals surface area contributed by atoms with Gasteiger partial charge in [-0.3, -0.25) is 9.69 Å². The number of aliphatic hydroxyl groups is 1. The number of halogens is 1. The molecule has 29 heavy (non-hydrogen) atoms. The van der Waals surface area contributed by atoms with Crippen molar-refractivity contribution in [3.05, 3.63) is 118 Å². The number of aliphatic hydroxyl groups excluding tert-OH is 1. The summed E-state index contributed by atoms with van der Waals surface area (Å²) in [5.74, 6) is -0.578. The zero-order chi connectivity index (χ0) is 20.2. The van der Waals surface area contributed by atoms with Crippen LogP contribution >= 0.6 is 11.6 Å². The molecule has 3 aromatic carbocycles. The molecule has 1 atom stereocenters. The lowest BCUT2D eigenvalue weighted by Crippen LogP contribution is -2.30. The number of amides is 1. The van der Waals surface area contributed by atoms with Gasteiger partial charge in [-0.05, 0) is 41.8 Å². The smallest absolute Gasteiger partial charge is 0.293 e. The molecular weight excluding hydrogens is 382 g/mol. The minimum absolute atomic E-state index is 0.188. The Hall–Kier alpha value is -3.30. The van der Waals surface area contributed by atoms with Crippen molar-refractivity contribution in [3.8, 4) is 0 Å². The van der Waals surface area contributed by atoms with Crippen LogP contribution in [0.2, 0.25) is 5.02 Å². The van der Waals surface area contributed by atoms with Crippen LogP contribution in [0.3, 0.4) is 0 Å². The molecule has 0 saturated carbocycles. The molecule has 0 aliphatic carbocycles. The average molecular weight is 402 g/mol. The lowest BCUT2D eigenvalue weighted by Gasteiger charge is -2.27. The van der Waals surface area contributed by atoms with Gasteiger partial charge in [0.15, 0.2) is 5.76 Å². The van der Waals surface area contributed by atoms with Crippen molar-refractivity contribution < 1.29 is 9.90 Å². The summed E-state index contributed by atoms with van der Waals surface area (Å²) < 4.78 is 0. The van der Waals surface area contributed by atoms with Crippen LogP contribution in [0.1, 0.15) is 23.6 Å². The number of hydrogen-bond acceptors (Lipinski definition) is 2. The molecule has 1 heterocycles. The van der Waals surface area contributed by atoms with E-state index >= 15 is 0 Å². The molecule has 1 unspecified atom stereocenters. The molecule has 1 amide bonds. The zero-order valence-electron chi connectivity index (χ0n) is 15.7. The van der Waals surface area contributed by atoms with Gasteiger partial charge >= 0.3 is 0 Å². The molecule has 4 heteroatoms. The van der Waals surface area contributed by atoms with Crippen LogP contribution < -0.4 is 4.90 Å². The van der Waals surface area contributed by atoms with Gasteiger partial charge in [-0.2, -0.15) is 0 Å². The number of nitrogens with zero attached hydrogens (tertiary/aromatic N) is 1. The molecule has 0 radical (unpaired) electrons. The Morgan fingerprint density at radius 1 is 0.897 bits per heavy atom. The van der Waals surface area contributed by atoms with Crippen LogP contribution in [0.25, 0.3) is 6.08 Å². The molecule has 0 bridgehead atoms. The van der Waals surface area contributed by atoms with Crippen molar-refractivity contribution in [2.75, 3.05) is 4.90 Å². The quantitative estimate of drug-likeness (QED) is 0.541. The Bertz CT molecular complexity index is 1060. The molecular formula is C25H20ClNO2. The van der Waals surface area contributed by atoms with Crippen LogP contribution in [-0.4, -0.2) is 11.0 Å². The standard InChI is InChI=1S/C25H20ClNO2/c26-20-16-14-19(15-17-20)23-22(13-7-10-18-8-3-1-4-9-18)24(28)25(29)27(23)21-11-5-2-6-12-21/h1-12,14-17,23,28H,13H2/b10-7+. The average Bonchev–Trinajstić information content (AvgIpc) is 3.01. The van der Waals surface area contributed by atoms with Gasteiger partial charge in [-0.15, -0.1) is 0 Å². The Morgan fingerprint density at radius 2 is 1.52 bits per heavy atom. The van der Waals surface area contributed by atoms with Crippen LogP contribution in [-0.2, 0) is 4.79 Å². The second-order valence-corrected chi connectivity index (χ2v) is 7.29. The maximum absolute atomic E-state index is 13.0. The predicted octanol–water partition coefficient (Wildman–Crippen LogP) is 6.34. The van der Waals surface area contributed by atoms with E-state index in [1.165, 1.54) is 0 Å². The van der Waals surface area contributed by atoms with E-state index in [0.717, 1.165) is 16.8 Å². The molecule has 3 nitrogen and oxygen atoms in total. The van der Waals surface area contributed by atoms with Crippen molar-refractivity contribution in [1.82, 2.24) is 0 Å². The number of benzene rings is 3. The molecule has 144 valence electrons. The first-order chi connectivity index (χ1) is 14.1. The molecule has 1 N–H and O–H groups in total. The minimum Gasteiger partial charge on any atom is -0.503 e. The summed E-state index contributed by atoms with van der Waals surface area (Å²) in [5.41, 5.74) is 3.39. The summed E-state index contributed by atoms with van der Waals surface area (Å²) in [6.07, 6.45) is 4.43. The highest BCUT2D eigenvalue weighted by atomic mass is 35.5. The van der Waals surface area contributed by atoms with Gasteiger partial charge in [0.1, 0.15) is 0 Å². The van der Waals surface area contributed by atoms with E-state index in [4.69, 9.17) is 11.6 Å². The molecule has 0 saturated heterocycles. The van der Waals surface area contributed by atoms with E-state index in [1.807, 2.05) is 84.9 Å². The fourth-order valence-electron chi connectivity index (χ4n) is 3.60. The van der Waals surface area contributed by atoms with E-state index in [9.17, 15) is 9.90 Å². The zero-order valence-corrected chi connectivity index (χ0v) is 16.5. The molecule has 0 spiro atoms. The van der Waals surface area contributed by atoms with Crippen molar-refractivity contribution in [3.63, 3.8) is 0 Å². The first-order valence-electron chi connectivity index (χ1n) is 9.43. The number of para-hydroxylation sites is 1. The number of anilines is 1. The van der Waals surface area contributed by atoms with Crippen molar-refractivity contribution >= 4 is 29.3 Å². The van der Waals surface area contributed by atoms with Gasteiger partial charge in [-0.1, -0.05) is 84.4 Å². The van der Waals surface area contributed by atoms with E-state index in [-0.39, 0.29) is 17.7 Å². The highest BCUT2D eigenvalue weighted by Gasteiger charge is 2.40. The fraction of sp³-hybridized carbons (Fsp3) is 0.0800. The van der Waals surface area contributed by atoms with Crippen LogP contribution in [0.5, 0.6) is 0 Å². The second-order valence-electron chi connectivity index (χ2n) is 6.86.